The van der Waals surface area contributed by atoms with Crippen molar-refractivity contribution in [2.24, 2.45) is 0 Å². The van der Waals surface area contributed by atoms with Crippen LogP contribution in [0.5, 0.6) is 11.5 Å². The van der Waals surface area contributed by atoms with Crippen LogP contribution in [0.4, 0.5) is 0 Å². The molecule has 1 aliphatic heterocycles. The van der Waals surface area contributed by atoms with Gasteiger partial charge >= 0.3 is 0 Å². The highest BCUT2D eigenvalue weighted by atomic mass is 16.5. The number of hydrogen-bond donors (Lipinski definition) is 1. The van der Waals surface area contributed by atoms with E-state index in [-0.39, 0.29) is 11.9 Å². The molecular weight excluding hydrogens is 392 g/mol. The summed E-state index contributed by atoms with van der Waals surface area (Å²) in [5.74, 6) is 1.37. The molecule has 1 amide bonds. The van der Waals surface area contributed by atoms with E-state index in [1.54, 1.807) is 20.3 Å². The Labute approximate surface area is 183 Å². The summed E-state index contributed by atoms with van der Waals surface area (Å²) in [5.41, 5.74) is 3.05. The molecule has 0 spiro atoms. The van der Waals surface area contributed by atoms with Crippen molar-refractivity contribution in [3.63, 3.8) is 0 Å². The van der Waals surface area contributed by atoms with Gasteiger partial charge in [0.05, 0.1) is 20.3 Å². The number of ether oxygens (including phenoxy) is 2. The smallest absolute Gasteiger partial charge is 0.246 e. The lowest BCUT2D eigenvalue weighted by molar-refractivity contribution is -0.128. The van der Waals surface area contributed by atoms with Gasteiger partial charge in [0.2, 0.25) is 5.91 Å². The van der Waals surface area contributed by atoms with E-state index >= 15 is 0 Å². The summed E-state index contributed by atoms with van der Waals surface area (Å²) < 4.78 is 10.8. The van der Waals surface area contributed by atoms with E-state index in [0.717, 1.165) is 42.6 Å². The number of methoxy groups -OCH3 is 2. The van der Waals surface area contributed by atoms with Crippen molar-refractivity contribution in [3.05, 3.63) is 65.2 Å². The fraction of sp³-hybridized carbons (Fsp3) is 0.400. The maximum absolute atomic E-state index is 12.6. The quantitative estimate of drug-likeness (QED) is 0.751. The number of amides is 1. The Morgan fingerprint density at radius 2 is 1.71 bits per heavy atom. The first kappa shape index (κ1) is 21.4. The number of rotatable bonds is 5. The van der Waals surface area contributed by atoms with Crippen molar-refractivity contribution in [3.8, 4) is 11.5 Å². The minimum atomic E-state index is -0.580. The minimum Gasteiger partial charge on any atom is -0.493 e. The standard InChI is InChI=1S/C25H30N2O4/c1-30-22-16-19-9-10-21(25(29)20(19)17-23(22)31-2)26-12-14-27(15-13-26)24(28)11-8-18-6-4-3-5-7-18/h3-8,11,16-17,21,25,29H,9-10,12-15H2,1-2H3/b11-8+. The third-order valence-corrected chi connectivity index (χ3v) is 6.35. The molecule has 1 fully saturated rings. The predicted octanol–water partition coefficient (Wildman–Crippen LogP) is 2.91. The van der Waals surface area contributed by atoms with Gasteiger partial charge in [-0.2, -0.15) is 0 Å². The van der Waals surface area contributed by atoms with Crippen LogP contribution in [0.15, 0.2) is 48.5 Å². The van der Waals surface area contributed by atoms with Crippen LogP contribution in [0.3, 0.4) is 0 Å². The molecule has 1 saturated heterocycles. The van der Waals surface area contributed by atoms with Gasteiger partial charge in [-0.05, 0) is 47.7 Å². The lowest BCUT2D eigenvalue weighted by atomic mass is 9.84. The van der Waals surface area contributed by atoms with Gasteiger partial charge in [-0.3, -0.25) is 9.69 Å². The van der Waals surface area contributed by atoms with Gasteiger partial charge in [0, 0.05) is 38.3 Å². The molecule has 0 aromatic heterocycles. The molecule has 164 valence electrons. The molecule has 2 atom stereocenters. The predicted molar refractivity (Wildman–Crippen MR) is 120 cm³/mol. The zero-order valence-electron chi connectivity index (χ0n) is 18.2. The summed E-state index contributed by atoms with van der Waals surface area (Å²) in [6, 6.07) is 13.8. The van der Waals surface area contributed by atoms with Crippen molar-refractivity contribution in [2.45, 2.75) is 25.0 Å². The van der Waals surface area contributed by atoms with Crippen molar-refractivity contribution >= 4 is 12.0 Å². The van der Waals surface area contributed by atoms with Crippen LogP contribution in [-0.4, -0.2) is 67.3 Å². The summed E-state index contributed by atoms with van der Waals surface area (Å²) in [7, 11) is 3.24. The van der Waals surface area contributed by atoms with Crippen molar-refractivity contribution < 1.29 is 19.4 Å². The molecule has 2 aromatic carbocycles. The molecule has 4 rings (SSSR count). The molecule has 0 saturated carbocycles. The zero-order valence-corrected chi connectivity index (χ0v) is 18.2. The number of fused-ring (bicyclic) bond motifs is 1. The molecule has 2 aromatic rings. The first-order valence-electron chi connectivity index (χ1n) is 10.8. The summed E-state index contributed by atoms with van der Waals surface area (Å²) in [5, 5.41) is 11.1. The number of piperazine rings is 1. The third-order valence-electron chi connectivity index (χ3n) is 6.35. The molecule has 0 bridgehead atoms. The van der Waals surface area contributed by atoms with Crippen LogP contribution >= 0.6 is 0 Å². The van der Waals surface area contributed by atoms with Gasteiger partial charge in [0.25, 0.3) is 0 Å². The average Bonchev–Trinajstić information content (AvgIpc) is 2.83. The minimum absolute atomic E-state index is 0.0369. The molecule has 1 aliphatic carbocycles. The Morgan fingerprint density at radius 3 is 2.39 bits per heavy atom. The fourth-order valence-corrected chi connectivity index (χ4v) is 4.59. The first-order chi connectivity index (χ1) is 15.1. The summed E-state index contributed by atoms with van der Waals surface area (Å²) in [6.45, 7) is 2.85. The highest BCUT2D eigenvalue weighted by molar-refractivity contribution is 5.91. The van der Waals surface area contributed by atoms with Crippen LogP contribution in [-0.2, 0) is 11.2 Å². The molecule has 2 aliphatic rings. The van der Waals surface area contributed by atoms with E-state index in [4.69, 9.17) is 9.47 Å². The molecule has 31 heavy (non-hydrogen) atoms. The van der Waals surface area contributed by atoms with Gasteiger partial charge in [0.1, 0.15) is 0 Å². The average molecular weight is 423 g/mol. The molecule has 2 unspecified atom stereocenters. The van der Waals surface area contributed by atoms with Gasteiger partial charge in [-0.15, -0.1) is 0 Å². The Kier molecular flexibility index (Phi) is 6.59. The fourth-order valence-electron chi connectivity index (χ4n) is 4.59. The van der Waals surface area contributed by atoms with E-state index < -0.39 is 6.10 Å². The number of carbonyl (C=O) groups excluding carboxylic acids is 1. The van der Waals surface area contributed by atoms with E-state index in [9.17, 15) is 9.90 Å². The monoisotopic (exact) mass is 422 g/mol. The van der Waals surface area contributed by atoms with E-state index in [1.165, 1.54) is 0 Å². The highest BCUT2D eigenvalue weighted by Gasteiger charge is 2.35. The van der Waals surface area contributed by atoms with Crippen LogP contribution in [0, 0.1) is 0 Å². The van der Waals surface area contributed by atoms with Gasteiger partial charge < -0.3 is 19.5 Å². The molecule has 6 heteroatoms. The summed E-state index contributed by atoms with van der Waals surface area (Å²) in [4.78, 5) is 16.8. The zero-order chi connectivity index (χ0) is 21.8. The van der Waals surface area contributed by atoms with Crippen LogP contribution < -0.4 is 9.47 Å². The Bertz CT molecular complexity index is 936. The summed E-state index contributed by atoms with van der Waals surface area (Å²) in [6.07, 6.45) is 4.69. The molecule has 6 nitrogen and oxygen atoms in total. The Hall–Kier alpha value is -2.83. The number of hydrogen-bond acceptors (Lipinski definition) is 5. The molecule has 0 radical (unpaired) electrons. The molecule has 1 heterocycles. The lowest BCUT2D eigenvalue weighted by Gasteiger charge is -2.43. The van der Waals surface area contributed by atoms with Crippen molar-refractivity contribution in [2.75, 3.05) is 40.4 Å². The number of benzene rings is 2. The van der Waals surface area contributed by atoms with Gasteiger partial charge in [0.15, 0.2) is 11.5 Å². The summed E-state index contributed by atoms with van der Waals surface area (Å²) >= 11 is 0. The van der Waals surface area contributed by atoms with E-state index in [2.05, 4.69) is 4.90 Å². The number of carbonyl (C=O) groups is 1. The second kappa shape index (κ2) is 9.54. The van der Waals surface area contributed by atoms with E-state index in [1.807, 2.05) is 53.4 Å². The number of aliphatic hydroxyl groups is 1. The topological polar surface area (TPSA) is 62.2 Å². The second-order valence-electron chi connectivity index (χ2n) is 8.06. The first-order valence-corrected chi connectivity index (χ1v) is 10.8. The normalized spacial score (nSPS) is 21.7. The maximum Gasteiger partial charge on any atom is 0.246 e. The largest absolute Gasteiger partial charge is 0.493 e. The highest BCUT2D eigenvalue weighted by Crippen LogP contribution is 2.39. The number of nitrogens with zero attached hydrogens (tertiary/aromatic N) is 2. The Balaban J connectivity index is 1.38. The van der Waals surface area contributed by atoms with Crippen molar-refractivity contribution in [1.82, 2.24) is 9.80 Å². The van der Waals surface area contributed by atoms with Crippen LogP contribution in [0.25, 0.3) is 6.08 Å². The Morgan fingerprint density at radius 1 is 1.03 bits per heavy atom. The second-order valence-corrected chi connectivity index (χ2v) is 8.06. The SMILES string of the molecule is COc1cc2c(cc1OC)C(O)C(N1CCN(C(=O)/C=C/c3ccccc3)CC1)CC2. The molecular formula is C25H30N2O4. The molecule has 1 N–H and O–H groups in total. The van der Waals surface area contributed by atoms with Crippen LogP contribution in [0.1, 0.15) is 29.2 Å². The number of aliphatic hydroxyl groups excluding tert-OH is 1. The van der Waals surface area contributed by atoms with Crippen LogP contribution in [0.2, 0.25) is 0 Å². The lowest BCUT2D eigenvalue weighted by Crippen LogP contribution is -2.53. The van der Waals surface area contributed by atoms with Crippen molar-refractivity contribution in [1.29, 1.82) is 0 Å². The van der Waals surface area contributed by atoms with Gasteiger partial charge in [-0.25, -0.2) is 0 Å². The van der Waals surface area contributed by atoms with E-state index in [0.29, 0.717) is 24.6 Å². The van der Waals surface area contributed by atoms with Gasteiger partial charge in [-0.1, -0.05) is 30.3 Å². The number of aryl methyl sites for hydroxylation is 1. The third kappa shape index (κ3) is 4.60. The maximum atomic E-state index is 12.6.